The minimum absolute atomic E-state index is 0.102. The van der Waals surface area contributed by atoms with Crippen LogP contribution in [0.3, 0.4) is 0 Å². The molecule has 1 N–H and O–H groups in total. The number of amides is 1. The molecule has 0 aliphatic rings. The van der Waals surface area contributed by atoms with Gasteiger partial charge in [0.05, 0.1) is 4.92 Å². The molecule has 0 heterocycles. The summed E-state index contributed by atoms with van der Waals surface area (Å²) in [4.78, 5) is 35.2. The van der Waals surface area contributed by atoms with E-state index in [1.807, 2.05) is 0 Å². The van der Waals surface area contributed by atoms with Crippen molar-refractivity contribution in [3.63, 3.8) is 0 Å². The molecule has 0 fully saturated rings. The normalized spacial score (nSPS) is 13.5. The predicted molar refractivity (Wildman–Crippen MR) is 96.3 cm³/mol. The van der Waals surface area contributed by atoms with Crippen molar-refractivity contribution < 1.29 is 29.1 Å². The molecule has 10 heteroatoms. The van der Waals surface area contributed by atoms with Crippen molar-refractivity contribution in [3.8, 4) is 5.75 Å². The van der Waals surface area contributed by atoms with Crippen molar-refractivity contribution in [2.45, 2.75) is 45.4 Å². The molecule has 144 valence electrons. The lowest BCUT2D eigenvalue weighted by atomic mass is 10.1. The van der Waals surface area contributed by atoms with E-state index in [2.05, 4.69) is 15.9 Å². The molecule has 0 saturated heterocycles. The van der Waals surface area contributed by atoms with Gasteiger partial charge in [0.1, 0.15) is 11.7 Å². The SMILES string of the molecule is CC(Oc1ccc(Br)cc1[N+](=O)[O-])C(C(=O)O)N(C)C(=O)OC(C)(C)C. The quantitative estimate of drug-likeness (QED) is 0.539. The summed E-state index contributed by atoms with van der Waals surface area (Å²) in [5.41, 5.74) is -1.13. The first-order valence-electron chi connectivity index (χ1n) is 7.62. The Kier molecular flexibility index (Phi) is 6.96. The van der Waals surface area contributed by atoms with E-state index in [9.17, 15) is 24.8 Å². The molecule has 1 rings (SSSR count). The van der Waals surface area contributed by atoms with E-state index in [0.29, 0.717) is 4.47 Å². The molecular weight excluding hydrogens is 412 g/mol. The average molecular weight is 433 g/mol. The monoisotopic (exact) mass is 432 g/mol. The highest BCUT2D eigenvalue weighted by Gasteiger charge is 2.36. The van der Waals surface area contributed by atoms with E-state index in [1.54, 1.807) is 20.8 Å². The van der Waals surface area contributed by atoms with Crippen LogP contribution < -0.4 is 4.74 Å². The first-order chi connectivity index (χ1) is 11.8. The Labute approximate surface area is 159 Å². The van der Waals surface area contributed by atoms with E-state index in [1.165, 1.54) is 32.2 Å². The van der Waals surface area contributed by atoms with Crippen LogP contribution in [0, 0.1) is 10.1 Å². The third-order valence-electron chi connectivity index (χ3n) is 3.23. The molecule has 0 aliphatic heterocycles. The summed E-state index contributed by atoms with van der Waals surface area (Å²) in [6.45, 7) is 6.37. The van der Waals surface area contributed by atoms with Crippen molar-refractivity contribution in [2.24, 2.45) is 0 Å². The number of halogens is 1. The number of nitro benzene ring substituents is 1. The fourth-order valence-electron chi connectivity index (χ4n) is 2.13. The van der Waals surface area contributed by atoms with Crippen LogP contribution in [0.5, 0.6) is 5.75 Å². The van der Waals surface area contributed by atoms with Crippen LogP contribution >= 0.6 is 15.9 Å². The topological polar surface area (TPSA) is 119 Å². The second-order valence-corrected chi connectivity index (χ2v) is 7.48. The maximum absolute atomic E-state index is 12.2. The lowest BCUT2D eigenvalue weighted by Gasteiger charge is -2.31. The number of carbonyl (C=O) groups excluding carboxylic acids is 1. The molecule has 26 heavy (non-hydrogen) atoms. The molecule has 0 radical (unpaired) electrons. The average Bonchev–Trinajstić information content (AvgIpc) is 2.46. The molecule has 0 spiro atoms. The van der Waals surface area contributed by atoms with Crippen LogP contribution in [0.2, 0.25) is 0 Å². The zero-order chi connectivity index (χ0) is 20.2. The Morgan fingerprint density at radius 2 is 1.92 bits per heavy atom. The van der Waals surface area contributed by atoms with Gasteiger partial charge in [-0.1, -0.05) is 15.9 Å². The van der Waals surface area contributed by atoms with Crippen LogP contribution in [0.25, 0.3) is 0 Å². The van der Waals surface area contributed by atoms with Crippen molar-refractivity contribution in [1.82, 2.24) is 4.90 Å². The number of carbonyl (C=O) groups is 2. The molecule has 0 bridgehead atoms. The van der Waals surface area contributed by atoms with Crippen molar-refractivity contribution in [1.29, 1.82) is 0 Å². The molecule has 2 atom stereocenters. The van der Waals surface area contributed by atoms with E-state index >= 15 is 0 Å². The summed E-state index contributed by atoms with van der Waals surface area (Å²) in [6.07, 6.45) is -1.92. The molecule has 0 aromatic heterocycles. The van der Waals surface area contributed by atoms with Gasteiger partial charge in [0.25, 0.3) is 0 Å². The van der Waals surface area contributed by atoms with Gasteiger partial charge in [-0.05, 0) is 39.8 Å². The second-order valence-electron chi connectivity index (χ2n) is 6.57. The Morgan fingerprint density at radius 1 is 1.35 bits per heavy atom. The fraction of sp³-hybridized carbons (Fsp3) is 0.500. The highest BCUT2D eigenvalue weighted by molar-refractivity contribution is 9.10. The van der Waals surface area contributed by atoms with Gasteiger partial charge in [0.15, 0.2) is 11.8 Å². The number of hydrogen-bond acceptors (Lipinski definition) is 6. The van der Waals surface area contributed by atoms with Gasteiger partial charge in [-0.25, -0.2) is 9.59 Å². The lowest BCUT2D eigenvalue weighted by molar-refractivity contribution is -0.386. The van der Waals surface area contributed by atoms with Gasteiger partial charge in [0, 0.05) is 17.6 Å². The molecule has 0 saturated carbocycles. The summed E-state index contributed by atoms with van der Waals surface area (Å²) < 4.78 is 11.1. The summed E-state index contributed by atoms with van der Waals surface area (Å²) in [7, 11) is 1.27. The summed E-state index contributed by atoms with van der Waals surface area (Å²) >= 11 is 3.13. The van der Waals surface area contributed by atoms with Crippen LogP contribution in [0.4, 0.5) is 10.5 Å². The zero-order valence-electron chi connectivity index (χ0n) is 15.1. The zero-order valence-corrected chi connectivity index (χ0v) is 16.6. The summed E-state index contributed by atoms with van der Waals surface area (Å²) in [6, 6.07) is 2.72. The first-order valence-corrected chi connectivity index (χ1v) is 8.42. The standard InChI is InChI=1S/C16H21BrN2O7/c1-9(25-12-7-6-10(17)8-11(12)19(23)24)13(14(20)21)18(5)15(22)26-16(2,3)4/h6-9,13H,1-5H3,(H,20,21). The Bertz CT molecular complexity index is 702. The highest BCUT2D eigenvalue weighted by Crippen LogP contribution is 2.31. The number of ether oxygens (including phenoxy) is 2. The van der Waals surface area contributed by atoms with Crippen LogP contribution in [0.1, 0.15) is 27.7 Å². The van der Waals surface area contributed by atoms with E-state index in [0.717, 1.165) is 4.90 Å². The van der Waals surface area contributed by atoms with Gasteiger partial charge in [-0.3, -0.25) is 15.0 Å². The van der Waals surface area contributed by atoms with Crippen molar-refractivity contribution in [2.75, 3.05) is 7.05 Å². The summed E-state index contributed by atoms with van der Waals surface area (Å²) in [5, 5.41) is 20.7. The Hall–Kier alpha value is -2.36. The lowest BCUT2D eigenvalue weighted by Crippen LogP contribution is -2.51. The summed E-state index contributed by atoms with van der Waals surface area (Å²) in [5.74, 6) is -1.43. The molecule has 1 amide bonds. The van der Waals surface area contributed by atoms with Gasteiger partial charge < -0.3 is 14.6 Å². The maximum atomic E-state index is 12.2. The van der Waals surface area contributed by atoms with Crippen molar-refractivity contribution in [3.05, 3.63) is 32.8 Å². The van der Waals surface area contributed by atoms with Gasteiger partial charge >= 0.3 is 17.7 Å². The van der Waals surface area contributed by atoms with E-state index in [4.69, 9.17) is 9.47 Å². The third kappa shape index (κ3) is 5.87. The predicted octanol–water partition coefficient (Wildman–Crippen LogP) is 3.44. The minimum Gasteiger partial charge on any atom is -0.481 e. The first kappa shape index (κ1) is 21.7. The van der Waals surface area contributed by atoms with Crippen LogP contribution in [-0.4, -0.2) is 51.8 Å². The number of likely N-dealkylation sites (N-methyl/N-ethyl adjacent to an activating group) is 1. The third-order valence-corrected chi connectivity index (χ3v) is 3.72. The van der Waals surface area contributed by atoms with Crippen molar-refractivity contribution >= 4 is 33.7 Å². The molecule has 2 unspecified atom stereocenters. The highest BCUT2D eigenvalue weighted by atomic mass is 79.9. The molecule has 0 aliphatic carbocycles. The number of carboxylic acid groups (broad SMARTS) is 1. The Balaban J connectivity index is 3.07. The number of benzene rings is 1. The molecule has 9 nitrogen and oxygen atoms in total. The minimum atomic E-state index is -1.41. The van der Waals surface area contributed by atoms with Gasteiger partial charge in [0.2, 0.25) is 0 Å². The maximum Gasteiger partial charge on any atom is 0.410 e. The number of carboxylic acids is 1. The van der Waals surface area contributed by atoms with Crippen LogP contribution in [-0.2, 0) is 9.53 Å². The number of aliphatic carboxylic acids is 1. The van der Waals surface area contributed by atoms with E-state index < -0.39 is 34.7 Å². The van der Waals surface area contributed by atoms with Crippen LogP contribution in [0.15, 0.2) is 22.7 Å². The largest absolute Gasteiger partial charge is 0.481 e. The smallest absolute Gasteiger partial charge is 0.410 e. The van der Waals surface area contributed by atoms with E-state index in [-0.39, 0.29) is 11.4 Å². The number of nitrogens with zero attached hydrogens (tertiary/aromatic N) is 2. The number of hydrogen-bond donors (Lipinski definition) is 1. The number of rotatable bonds is 6. The molecular formula is C16H21BrN2O7. The second kappa shape index (κ2) is 8.35. The van der Waals surface area contributed by atoms with Gasteiger partial charge in [-0.2, -0.15) is 0 Å². The number of nitro groups is 1. The van der Waals surface area contributed by atoms with Gasteiger partial charge in [-0.15, -0.1) is 0 Å². The Morgan fingerprint density at radius 3 is 2.38 bits per heavy atom. The molecule has 1 aromatic rings. The fourth-order valence-corrected chi connectivity index (χ4v) is 2.48. The molecule has 1 aromatic carbocycles.